The number of carbonyl (C=O) groups excluding carboxylic acids is 2. The van der Waals surface area contributed by atoms with Crippen LogP contribution in [0.1, 0.15) is 67.8 Å². The highest BCUT2D eigenvalue weighted by Gasteiger charge is 2.16. The number of rotatable bonds is 3. The molecule has 0 bridgehead atoms. The molecule has 2 rings (SSSR count). The molecule has 6 heteroatoms. The number of carbonyl (C=O) groups is 2. The van der Waals surface area contributed by atoms with Crippen molar-refractivity contribution < 1.29 is 9.59 Å². The van der Waals surface area contributed by atoms with E-state index in [9.17, 15) is 9.59 Å². The molecule has 0 spiro atoms. The molecule has 29 heavy (non-hydrogen) atoms. The molecular formula is C23H29N3O2S. The molecule has 0 heterocycles. The summed E-state index contributed by atoms with van der Waals surface area (Å²) in [7, 11) is 0. The van der Waals surface area contributed by atoms with Gasteiger partial charge in [0.2, 0.25) is 0 Å². The lowest BCUT2D eigenvalue weighted by Crippen LogP contribution is -2.40. The quantitative estimate of drug-likeness (QED) is 0.644. The zero-order chi connectivity index (χ0) is 21.8. The van der Waals surface area contributed by atoms with Crippen molar-refractivity contribution in [2.75, 3.05) is 5.32 Å². The van der Waals surface area contributed by atoms with Crippen LogP contribution in [0, 0.1) is 0 Å². The topological polar surface area (TPSA) is 70.2 Å². The van der Waals surface area contributed by atoms with Crippen molar-refractivity contribution in [3.05, 3.63) is 65.2 Å². The molecule has 0 unspecified atom stereocenters. The highest BCUT2D eigenvalue weighted by molar-refractivity contribution is 7.80. The van der Waals surface area contributed by atoms with Crippen LogP contribution in [0.15, 0.2) is 48.5 Å². The Labute approximate surface area is 178 Å². The fraction of sp³-hybridized carbons (Fsp3) is 0.348. The summed E-state index contributed by atoms with van der Waals surface area (Å²) in [5, 5.41) is 8.74. The first-order valence-electron chi connectivity index (χ1n) is 9.51. The van der Waals surface area contributed by atoms with Gasteiger partial charge in [-0.2, -0.15) is 0 Å². The van der Waals surface area contributed by atoms with Crippen molar-refractivity contribution >= 4 is 34.8 Å². The molecule has 2 aromatic carbocycles. The van der Waals surface area contributed by atoms with Gasteiger partial charge in [-0.25, -0.2) is 0 Å². The van der Waals surface area contributed by atoms with Gasteiger partial charge in [0.15, 0.2) is 5.11 Å². The van der Waals surface area contributed by atoms with E-state index in [0.717, 1.165) is 5.56 Å². The summed E-state index contributed by atoms with van der Waals surface area (Å²) in [6.07, 6.45) is 0. The minimum atomic E-state index is -0.301. The molecule has 0 aliphatic heterocycles. The first kappa shape index (κ1) is 22.6. The van der Waals surface area contributed by atoms with Crippen LogP contribution in [0.5, 0.6) is 0 Å². The number of amides is 2. The van der Waals surface area contributed by atoms with E-state index in [4.69, 9.17) is 12.2 Å². The second-order valence-corrected chi connectivity index (χ2v) is 9.43. The zero-order valence-corrected chi connectivity index (χ0v) is 18.7. The lowest BCUT2D eigenvalue weighted by Gasteiger charge is -2.20. The Bertz CT molecular complexity index is 890. The highest BCUT2D eigenvalue weighted by Crippen LogP contribution is 2.22. The summed E-state index contributed by atoms with van der Waals surface area (Å²) in [6, 6.07) is 14.4. The number of benzene rings is 2. The van der Waals surface area contributed by atoms with Crippen LogP contribution < -0.4 is 16.0 Å². The van der Waals surface area contributed by atoms with E-state index < -0.39 is 0 Å². The molecule has 0 aliphatic carbocycles. The molecule has 0 radical (unpaired) electrons. The maximum absolute atomic E-state index is 12.4. The largest absolute Gasteiger partial charge is 0.347 e. The predicted molar refractivity (Wildman–Crippen MR) is 122 cm³/mol. The standard InChI is InChI=1S/C23H29N3O2S/c1-22(2,3)17-11-7-15(8-12-17)19(27)25-21(29)24-18-13-9-16(10-14-18)20(28)26-23(4,5)6/h7-14H,1-6H3,(H,26,28)(H2,24,25,27,29). The third kappa shape index (κ3) is 6.98. The predicted octanol–water partition coefficient (Wildman–Crippen LogP) is 4.64. The SMILES string of the molecule is CC(C)(C)NC(=O)c1ccc(NC(=S)NC(=O)c2ccc(C(C)(C)C)cc2)cc1. The van der Waals surface area contributed by atoms with Gasteiger partial charge < -0.3 is 10.6 Å². The van der Waals surface area contributed by atoms with E-state index in [1.165, 1.54) is 0 Å². The van der Waals surface area contributed by atoms with Crippen LogP contribution in [-0.2, 0) is 5.41 Å². The van der Waals surface area contributed by atoms with Crippen LogP contribution in [0.25, 0.3) is 0 Å². The Morgan fingerprint density at radius 2 is 1.24 bits per heavy atom. The first-order chi connectivity index (χ1) is 13.3. The fourth-order valence-electron chi connectivity index (χ4n) is 2.58. The molecular weight excluding hydrogens is 382 g/mol. The molecule has 0 aromatic heterocycles. The third-order valence-corrected chi connectivity index (χ3v) is 4.34. The Hall–Kier alpha value is -2.73. The van der Waals surface area contributed by atoms with Crippen LogP contribution in [0.3, 0.4) is 0 Å². The molecule has 0 aliphatic rings. The summed E-state index contributed by atoms with van der Waals surface area (Å²) in [5.74, 6) is -0.414. The van der Waals surface area contributed by atoms with Crippen LogP contribution in [0.4, 0.5) is 5.69 Å². The zero-order valence-electron chi connectivity index (χ0n) is 17.8. The van der Waals surface area contributed by atoms with E-state index in [2.05, 4.69) is 36.7 Å². The van der Waals surface area contributed by atoms with Crippen molar-refractivity contribution in [1.29, 1.82) is 0 Å². The number of hydrogen-bond donors (Lipinski definition) is 3. The van der Waals surface area contributed by atoms with Gasteiger partial charge in [-0.15, -0.1) is 0 Å². The molecule has 5 nitrogen and oxygen atoms in total. The number of hydrogen-bond acceptors (Lipinski definition) is 3. The van der Waals surface area contributed by atoms with E-state index in [-0.39, 0.29) is 27.9 Å². The van der Waals surface area contributed by atoms with Gasteiger partial charge in [0.1, 0.15) is 0 Å². The Morgan fingerprint density at radius 3 is 1.72 bits per heavy atom. The van der Waals surface area contributed by atoms with Crippen molar-refractivity contribution in [1.82, 2.24) is 10.6 Å². The van der Waals surface area contributed by atoms with Gasteiger partial charge in [-0.1, -0.05) is 32.9 Å². The molecule has 154 valence electrons. The highest BCUT2D eigenvalue weighted by atomic mass is 32.1. The van der Waals surface area contributed by atoms with Crippen molar-refractivity contribution in [2.45, 2.75) is 52.5 Å². The van der Waals surface area contributed by atoms with Crippen LogP contribution in [-0.4, -0.2) is 22.5 Å². The summed E-state index contributed by atoms with van der Waals surface area (Å²) in [6.45, 7) is 12.2. The van der Waals surface area contributed by atoms with E-state index in [1.807, 2.05) is 32.9 Å². The third-order valence-electron chi connectivity index (χ3n) is 4.13. The Balaban J connectivity index is 1.95. The lowest BCUT2D eigenvalue weighted by atomic mass is 9.87. The molecule has 2 amide bonds. The summed E-state index contributed by atoms with van der Waals surface area (Å²) in [5.41, 5.74) is 2.67. The Kier molecular flexibility index (Phi) is 6.80. The number of nitrogens with one attached hydrogen (secondary N) is 3. The molecule has 0 fully saturated rings. The second-order valence-electron chi connectivity index (χ2n) is 9.02. The lowest BCUT2D eigenvalue weighted by molar-refractivity contribution is 0.0918. The first-order valence-corrected chi connectivity index (χ1v) is 9.91. The van der Waals surface area contributed by atoms with Gasteiger partial charge in [0.05, 0.1) is 0 Å². The molecule has 0 saturated heterocycles. The van der Waals surface area contributed by atoms with Crippen molar-refractivity contribution in [2.24, 2.45) is 0 Å². The summed E-state index contributed by atoms with van der Waals surface area (Å²) >= 11 is 5.23. The molecule has 0 atom stereocenters. The van der Waals surface area contributed by atoms with Gasteiger partial charge >= 0.3 is 0 Å². The monoisotopic (exact) mass is 411 g/mol. The molecule has 3 N–H and O–H groups in total. The number of anilines is 1. The van der Waals surface area contributed by atoms with Crippen LogP contribution >= 0.6 is 12.2 Å². The maximum atomic E-state index is 12.4. The minimum absolute atomic E-state index is 0.0296. The second kappa shape index (κ2) is 8.74. The normalized spacial score (nSPS) is 11.5. The minimum Gasteiger partial charge on any atom is -0.347 e. The molecule has 2 aromatic rings. The fourth-order valence-corrected chi connectivity index (χ4v) is 2.79. The summed E-state index contributed by atoms with van der Waals surface area (Å²) < 4.78 is 0. The van der Waals surface area contributed by atoms with E-state index in [1.54, 1.807) is 36.4 Å². The van der Waals surface area contributed by atoms with Crippen molar-refractivity contribution in [3.63, 3.8) is 0 Å². The van der Waals surface area contributed by atoms with E-state index in [0.29, 0.717) is 16.8 Å². The average molecular weight is 412 g/mol. The Morgan fingerprint density at radius 1 is 0.759 bits per heavy atom. The average Bonchev–Trinajstić information content (AvgIpc) is 2.60. The van der Waals surface area contributed by atoms with Gasteiger partial charge in [-0.05, 0) is 80.4 Å². The summed E-state index contributed by atoms with van der Waals surface area (Å²) in [4.78, 5) is 24.6. The van der Waals surface area contributed by atoms with Gasteiger partial charge in [-0.3, -0.25) is 14.9 Å². The van der Waals surface area contributed by atoms with Gasteiger partial charge in [0, 0.05) is 22.4 Å². The smallest absolute Gasteiger partial charge is 0.257 e. The van der Waals surface area contributed by atoms with Crippen molar-refractivity contribution in [3.8, 4) is 0 Å². The van der Waals surface area contributed by atoms with E-state index >= 15 is 0 Å². The number of thiocarbonyl (C=S) groups is 1. The van der Waals surface area contributed by atoms with Crippen LogP contribution in [0.2, 0.25) is 0 Å². The van der Waals surface area contributed by atoms with Gasteiger partial charge in [0.25, 0.3) is 11.8 Å². The molecule has 0 saturated carbocycles. The maximum Gasteiger partial charge on any atom is 0.257 e.